The van der Waals surface area contributed by atoms with E-state index in [1.807, 2.05) is 4.90 Å². The van der Waals surface area contributed by atoms with Crippen LogP contribution in [0.15, 0.2) is 30.3 Å². The molecule has 1 aromatic rings. The zero-order valence-corrected chi connectivity index (χ0v) is 15.3. The van der Waals surface area contributed by atoms with Crippen molar-refractivity contribution in [3.63, 3.8) is 0 Å². The summed E-state index contributed by atoms with van der Waals surface area (Å²) in [5.74, 6) is 0.924. The molecule has 2 aliphatic rings. The molecule has 0 aliphatic carbocycles. The fraction of sp³-hybridized carbons (Fsp3) is 0.650. The van der Waals surface area contributed by atoms with Gasteiger partial charge in [-0.3, -0.25) is 4.79 Å². The Morgan fingerprint density at radius 1 is 1.20 bits per heavy atom. The first-order chi connectivity index (χ1) is 12.2. The first-order valence-electron chi connectivity index (χ1n) is 9.53. The van der Waals surface area contributed by atoms with Crippen molar-refractivity contribution < 1.29 is 9.53 Å². The molecule has 5 nitrogen and oxygen atoms in total. The summed E-state index contributed by atoms with van der Waals surface area (Å²) in [6.07, 6.45) is 3.55. The zero-order chi connectivity index (χ0) is 17.5. The minimum atomic E-state index is 0.197. The molecule has 0 aromatic heterocycles. The molecule has 0 bridgehead atoms. The number of likely N-dealkylation sites (tertiary alicyclic amines) is 1. The monoisotopic (exact) mass is 345 g/mol. The van der Waals surface area contributed by atoms with Crippen molar-refractivity contribution in [2.45, 2.75) is 25.4 Å². The highest BCUT2D eigenvalue weighted by atomic mass is 16.5. The number of carbonyl (C=O) groups is 1. The molecule has 2 aliphatic heterocycles. The van der Waals surface area contributed by atoms with E-state index in [0.29, 0.717) is 12.5 Å². The third kappa shape index (κ3) is 5.80. The number of amides is 1. The van der Waals surface area contributed by atoms with E-state index in [0.717, 1.165) is 58.6 Å². The Morgan fingerprint density at radius 3 is 2.68 bits per heavy atom. The van der Waals surface area contributed by atoms with Crippen LogP contribution in [0.25, 0.3) is 0 Å². The maximum Gasteiger partial charge on any atom is 0.236 e. The number of nitrogens with one attached hydrogen (secondary N) is 1. The minimum absolute atomic E-state index is 0.197. The highest BCUT2D eigenvalue weighted by molar-refractivity contribution is 5.78. The predicted molar refractivity (Wildman–Crippen MR) is 99.6 cm³/mol. The number of hydrogen-bond donors (Lipinski definition) is 1. The average Bonchev–Trinajstić information content (AvgIpc) is 2.63. The Kier molecular flexibility index (Phi) is 6.84. The van der Waals surface area contributed by atoms with Gasteiger partial charge in [0.1, 0.15) is 0 Å². The number of ether oxygens (including phenoxy) is 1. The average molecular weight is 345 g/mol. The van der Waals surface area contributed by atoms with Gasteiger partial charge in [0.25, 0.3) is 0 Å². The van der Waals surface area contributed by atoms with Crippen LogP contribution in [0.1, 0.15) is 18.4 Å². The van der Waals surface area contributed by atoms with Crippen LogP contribution in [0.3, 0.4) is 0 Å². The van der Waals surface area contributed by atoms with Crippen LogP contribution < -0.4 is 5.32 Å². The van der Waals surface area contributed by atoms with E-state index >= 15 is 0 Å². The van der Waals surface area contributed by atoms with Crippen LogP contribution in [-0.2, 0) is 16.0 Å². The lowest BCUT2D eigenvalue weighted by atomic mass is 9.90. The largest absolute Gasteiger partial charge is 0.374 e. The Morgan fingerprint density at radius 2 is 1.96 bits per heavy atom. The van der Waals surface area contributed by atoms with Gasteiger partial charge in [0.2, 0.25) is 5.91 Å². The van der Waals surface area contributed by atoms with Crippen LogP contribution in [-0.4, -0.2) is 74.7 Å². The standard InChI is InChI=1S/C20H31N3O2/c1-22-11-12-25-19(16-22)14-21-15-20(24)23-9-7-18(8-10-23)13-17-5-3-2-4-6-17/h2-6,18-19,21H,7-16H2,1H3. The smallest absolute Gasteiger partial charge is 0.236 e. The van der Waals surface area contributed by atoms with E-state index in [1.54, 1.807) is 0 Å². The lowest BCUT2D eigenvalue weighted by molar-refractivity contribution is -0.131. The molecule has 25 heavy (non-hydrogen) atoms. The number of carbonyl (C=O) groups excluding carboxylic acids is 1. The lowest BCUT2D eigenvalue weighted by Crippen LogP contribution is -2.48. The van der Waals surface area contributed by atoms with Crippen LogP contribution in [0, 0.1) is 5.92 Å². The van der Waals surface area contributed by atoms with Crippen LogP contribution in [0.5, 0.6) is 0 Å². The summed E-state index contributed by atoms with van der Waals surface area (Å²) in [5.41, 5.74) is 1.41. The molecule has 5 heteroatoms. The van der Waals surface area contributed by atoms with Crippen LogP contribution in [0.2, 0.25) is 0 Å². The number of likely N-dealkylation sites (N-methyl/N-ethyl adjacent to an activating group) is 1. The van der Waals surface area contributed by atoms with Crippen molar-refractivity contribution in [3.8, 4) is 0 Å². The van der Waals surface area contributed by atoms with Gasteiger partial charge in [-0.25, -0.2) is 0 Å². The first kappa shape index (κ1) is 18.4. The Balaban J connectivity index is 1.32. The second-order valence-corrected chi connectivity index (χ2v) is 7.40. The quantitative estimate of drug-likeness (QED) is 0.846. The van der Waals surface area contributed by atoms with Gasteiger partial charge < -0.3 is 19.9 Å². The molecule has 0 spiro atoms. The summed E-state index contributed by atoms with van der Waals surface area (Å²) >= 11 is 0. The number of rotatable bonds is 6. The molecule has 2 saturated heterocycles. The van der Waals surface area contributed by atoms with Gasteiger partial charge in [0.05, 0.1) is 19.3 Å². The molecule has 2 fully saturated rings. The van der Waals surface area contributed by atoms with Crippen molar-refractivity contribution in [2.75, 3.05) is 52.9 Å². The fourth-order valence-electron chi connectivity index (χ4n) is 3.78. The molecule has 1 atom stereocenters. The summed E-state index contributed by atoms with van der Waals surface area (Å²) in [6, 6.07) is 10.7. The van der Waals surface area contributed by atoms with Gasteiger partial charge in [-0.1, -0.05) is 30.3 Å². The molecule has 0 saturated carbocycles. The summed E-state index contributed by atoms with van der Waals surface area (Å²) < 4.78 is 5.72. The second-order valence-electron chi connectivity index (χ2n) is 7.40. The van der Waals surface area contributed by atoms with Crippen LogP contribution in [0.4, 0.5) is 0 Å². The molecule has 138 valence electrons. The highest BCUT2D eigenvalue weighted by Crippen LogP contribution is 2.21. The number of nitrogens with zero attached hydrogens (tertiary/aromatic N) is 2. The van der Waals surface area contributed by atoms with E-state index < -0.39 is 0 Å². The third-order valence-corrected chi connectivity index (χ3v) is 5.32. The number of morpholine rings is 1. The zero-order valence-electron chi connectivity index (χ0n) is 15.3. The first-order valence-corrected chi connectivity index (χ1v) is 9.53. The summed E-state index contributed by atoms with van der Waals surface area (Å²) in [7, 11) is 2.11. The summed E-state index contributed by atoms with van der Waals surface area (Å²) in [4.78, 5) is 16.7. The Bertz CT molecular complexity index is 529. The summed E-state index contributed by atoms with van der Waals surface area (Å²) in [6.45, 7) is 5.67. The van der Waals surface area contributed by atoms with E-state index in [-0.39, 0.29) is 12.0 Å². The van der Waals surface area contributed by atoms with E-state index in [9.17, 15) is 4.79 Å². The topological polar surface area (TPSA) is 44.8 Å². The van der Waals surface area contributed by atoms with Crippen molar-refractivity contribution in [1.82, 2.24) is 15.1 Å². The minimum Gasteiger partial charge on any atom is -0.374 e. The highest BCUT2D eigenvalue weighted by Gasteiger charge is 2.23. The Labute approximate surface area is 151 Å². The molecule has 1 aromatic carbocycles. The van der Waals surface area contributed by atoms with Gasteiger partial charge in [-0.15, -0.1) is 0 Å². The maximum absolute atomic E-state index is 12.4. The van der Waals surface area contributed by atoms with Gasteiger partial charge in [-0.05, 0) is 37.8 Å². The van der Waals surface area contributed by atoms with E-state index in [2.05, 4.69) is 47.6 Å². The molecular formula is C20H31N3O2. The lowest BCUT2D eigenvalue weighted by Gasteiger charge is -2.33. The number of piperidine rings is 1. The molecule has 1 amide bonds. The van der Waals surface area contributed by atoms with E-state index in [4.69, 9.17) is 4.74 Å². The Hall–Kier alpha value is -1.43. The molecule has 1 N–H and O–H groups in total. The van der Waals surface area contributed by atoms with Crippen molar-refractivity contribution >= 4 is 5.91 Å². The van der Waals surface area contributed by atoms with Crippen LogP contribution >= 0.6 is 0 Å². The van der Waals surface area contributed by atoms with Gasteiger partial charge >= 0.3 is 0 Å². The summed E-state index contributed by atoms with van der Waals surface area (Å²) in [5, 5.41) is 3.28. The van der Waals surface area contributed by atoms with Gasteiger partial charge in [0.15, 0.2) is 0 Å². The molecular weight excluding hydrogens is 314 g/mol. The van der Waals surface area contributed by atoms with E-state index in [1.165, 1.54) is 5.56 Å². The normalized spacial score (nSPS) is 22.9. The SMILES string of the molecule is CN1CCOC(CNCC(=O)N2CCC(Cc3ccccc3)CC2)C1. The molecule has 1 unspecified atom stereocenters. The fourth-order valence-corrected chi connectivity index (χ4v) is 3.78. The molecule has 2 heterocycles. The van der Waals surface area contributed by atoms with Crippen molar-refractivity contribution in [3.05, 3.63) is 35.9 Å². The predicted octanol–water partition coefficient (Wildman–Crippen LogP) is 1.39. The van der Waals surface area contributed by atoms with Crippen molar-refractivity contribution in [2.24, 2.45) is 5.92 Å². The molecule has 0 radical (unpaired) electrons. The number of benzene rings is 1. The second kappa shape index (κ2) is 9.32. The maximum atomic E-state index is 12.4. The van der Waals surface area contributed by atoms with Crippen molar-refractivity contribution in [1.29, 1.82) is 0 Å². The molecule has 3 rings (SSSR count). The van der Waals surface area contributed by atoms with Gasteiger partial charge in [0, 0.05) is 32.7 Å². The number of hydrogen-bond acceptors (Lipinski definition) is 4. The third-order valence-electron chi connectivity index (χ3n) is 5.32. The van der Waals surface area contributed by atoms with Gasteiger partial charge in [-0.2, -0.15) is 0 Å².